The van der Waals surface area contributed by atoms with E-state index in [9.17, 15) is 4.79 Å². The number of benzene rings is 1. The van der Waals surface area contributed by atoms with Crippen molar-refractivity contribution in [2.45, 2.75) is 32.9 Å². The highest BCUT2D eigenvalue weighted by Crippen LogP contribution is 2.22. The number of hydrogen-bond donors (Lipinski definition) is 1. The van der Waals surface area contributed by atoms with Crippen LogP contribution in [0.1, 0.15) is 26.5 Å². The van der Waals surface area contributed by atoms with Crippen LogP contribution in [0, 0.1) is 0 Å². The molecule has 0 unspecified atom stereocenters. The first-order valence-corrected chi connectivity index (χ1v) is 8.84. The van der Waals surface area contributed by atoms with Gasteiger partial charge in [0, 0.05) is 23.5 Å². The Hall–Kier alpha value is -3.21. The van der Waals surface area contributed by atoms with E-state index in [2.05, 4.69) is 33.5 Å². The molecular formula is C22H23N3O2. The SMILES string of the molecule is CC(C)(C)OC(=O)NCc1cc(-c2ccc(-c3ccccc3)cn2)ccn1. The van der Waals surface area contributed by atoms with Crippen LogP contribution in [0.15, 0.2) is 67.0 Å². The summed E-state index contributed by atoms with van der Waals surface area (Å²) in [4.78, 5) is 20.7. The van der Waals surface area contributed by atoms with E-state index in [1.807, 2.05) is 63.4 Å². The molecule has 1 amide bonds. The van der Waals surface area contributed by atoms with Gasteiger partial charge >= 0.3 is 6.09 Å². The number of amides is 1. The second-order valence-corrected chi connectivity index (χ2v) is 7.19. The molecule has 0 aliphatic carbocycles. The van der Waals surface area contributed by atoms with E-state index in [4.69, 9.17) is 4.74 Å². The van der Waals surface area contributed by atoms with Gasteiger partial charge < -0.3 is 10.1 Å². The molecule has 0 atom stereocenters. The van der Waals surface area contributed by atoms with Crippen LogP contribution in [0.5, 0.6) is 0 Å². The number of pyridine rings is 2. The van der Waals surface area contributed by atoms with Gasteiger partial charge in [0.1, 0.15) is 5.60 Å². The minimum absolute atomic E-state index is 0.296. The topological polar surface area (TPSA) is 64.1 Å². The Balaban J connectivity index is 1.69. The van der Waals surface area contributed by atoms with Crippen molar-refractivity contribution in [3.05, 3.63) is 72.7 Å². The van der Waals surface area contributed by atoms with Crippen molar-refractivity contribution >= 4 is 6.09 Å². The number of carbonyl (C=O) groups excluding carboxylic acids is 1. The highest BCUT2D eigenvalue weighted by Gasteiger charge is 2.15. The molecule has 0 saturated heterocycles. The molecule has 0 spiro atoms. The van der Waals surface area contributed by atoms with Gasteiger partial charge in [-0.25, -0.2) is 4.79 Å². The highest BCUT2D eigenvalue weighted by molar-refractivity contribution is 5.68. The van der Waals surface area contributed by atoms with Gasteiger partial charge in [-0.3, -0.25) is 9.97 Å². The zero-order chi connectivity index (χ0) is 19.3. The maximum atomic E-state index is 11.8. The molecule has 2 heterocycles. The molecule has 5 heteroatoms. The molecule has 27 heavy (non-hydrogen) atoms. The second kappa shape index (κ2) is 7.99. The van der Waals surface area contributed by atoms with E-state index in [0.717, 1.165) is 28.1 Å². The minimum Gasteiger partial charge on any atom is -0.444 e. The summed E-state index contributed by atoms with van der Waals surface area (Å²) in [5.41, 5.74) is 4.23. The molecule has 3 aromatic rings. The quantitative estimate of drug-likeness (QED) is 0.722. The molecule has 1 aromatic carbocycles. The summed E-state index contributed by atoms with van der Waals surface area (Å²) in [7, 11) is 0. The van der Waals surface area contributed by atoms with Gasteiger partial charge in [0.05, 0.1) is 17.9 Å². The molecule has 0 bridgehead atoms. The number of alkyl carbamates (subject to hydrolysis) is 1. The average Bonchev–Trinajstić information content (AvgIpc) is 2.66. The second-order valence-electron chi connectivity index (χ2n) is 7.19. The third-order valence-corrected chi connectivity index (χ3v) is 3.80. The average molecular weight is 361 g/mol. The van der Waals surface area contributed by atoms with Gasteiger partial charge in [-0.2, -0.15) is 0 Å². The monoisotopic (exact) mass is 361 g/mol. The molecule has 3 rings (SSSR count). The van der Waals surface area contributed by atoms with Crippen LogP contribution < -0.4 is 5.32 Å². The summed E-state index contributed by atoms with van der Waals surface area (Å²) in [6, 6.07) is 18.0. The first-order valence-electron chi connectivity index (χ1n) is 8.84. The molecule has 138 valence electrons. The van der Waals surface area contributed by atoms with Crippen molar-refractivity contribution in [1.29, 1.82) is 0 Å². The Morgan fingerprint density at radius 1 is 0.963 bits per heavy atom. The number of hydrogen-bond acceptors (Lipinski definition) is 4. The normalized spacial score (nSPS) is 11.1. The van der Waals surface area contributed by atoms with Crippen LogP contribution >= 0.6 is 0 Å². The summed E-state index contributed by atoms with van der Waals surface area (Å²) >= 11 is 0. The van der Waals surface area contributed by atoms with Crippen molar-refractivity contribution in [2.24, 2.45) is 0 Å². The fourth-order valence-corrected chi connectivity index (χ4v) is 2.58. The Labute approximate surface area is 159 Å². The van der Waals surface area contributed by atoms with Crippen molar-refractivity contribution in [2.75, 3.05) is 0 Å². The molecule has 5 nitrogen and oxygen atoms in total. The Bertz CT molecular complexity index is 901. The van der Waals surface area contributed by atoms with E-state index < -0.39 is 11.7 Å². The smallest absolute Gasteiger partial charge is 0.407 e. The summed E-state index contributed by atoms with van der Waals surface area (Å²) < 4.78 is 5.24. The van der Waals surface area contributed by atoms with Gasteiger partial charge in [0.15, 0.2) is 0 Å². The molecule has 0 saturated carbocycles. The van der Waals surface area contributed by atoms with Crippen molar-refractivity contribution in [3.8, 4) is 22.4 Å². The van der Waals surface area contributed by atoms with Crippen LogP contribution in [0.4, 0.5) is 4.79 Å². The first kappa shape index (κ1) is 18.6. The summed E-state index contributed by atoms with van der Waals surface area (Å²) in [6.45, 7) is 5.79. The third-order valence-electron chi connectivity index (χ3n) is 3.80. The van der Waals surface area contributed by atoms with Gasteiger partial charge in [-0.15, -0.1) is 0 Å². The fourth-order valence-electron chi connectivity index (χ4n) is 2.58. The van der Waals surface area contributed by atoms with Gasteiger partial charge in [0.25, 0.3) is 0 Å². The number of carbonyl (C=O) groups is 1. The lowest BCUT2D eigenvalue weighted by atomic mass is 10.1. The van der Waals surface area contributed by atoms with Gasteiger partial charge in [-0.1, -0.05) is 36.4 Å². The van der Waals surface area contributed by atoms with E-state index >= 15 is 0 Å². The molecule has 1 N–H and O–H groups in total. The van der Waals surface area contributed by atoms with E-state index in [0.29, 0.717) is 6.54 Å². The predicted molar refractivity (Wildman–Crippen MR) is 106 cm³/mol. The number of nitrogens with zero attached hydrogens (tertiary/aromatic N) is 2. The zero-order valence-corrected chi connectivity index (χ0v) is 15.8. The molecule has 2 aromatic heterocycles. The maximum absolute atomic E-state index is 11.8. The third kappa shape index (κ3) is 5.38. The molecule has 0 aliphatic rings. The predicted octanol–water partition coefficient (Wildman–Crippen LogP) is 4.84. The number of aromatic nitrogens is 2. The minimum atomic E-state index is -0.524. The van der Waals surface area contributed by atoms with Gasteiger partial charge in [-0.05, 0) is 44.5 Å². The first-order chi connectivity index (χ1) is 12.9. The largest absolute Gasteiger partial charge is 0.444 e. The van der Waals surface area contributed by atoms with Crippen LogP contribution in [0.3, 0.4) is 0 Å². The van der Waals surface area contributed by atoms with Crippen molar-refractivity contribution in [3.63, 3.8) is 0 Å². The highest BCUT2D eigenvalue weighted by atomic mass is 16.6. The number of ether oxygens (including phenoxy) is 1. The maximum Gasteiger partial charge on any atom is 0.407 e. The van der Waals surface area contributed by atoms with E-state index in [1.54, 1.807) is 6.20 Å². The lowest BCUT2D eigenvalue weighted by Gasteiger charge is -2.19. The lowest BCUT2D eigenvalue weighted by Crippen LogP contribution is -2.32. The van der Waals surface area contributed by atoms with E-state index in [-0.39, 0.29) is 0 Å². The van der Waals surface area contributed by atoms with Crippen molar-refractivity contribution in [1.82, 2.24) is 15.3 Å². The summed E-state index contributed by atoms with van der Waals surface area (Å²) in [6.07, 6.45) is 3.12. The van der Waals surface area contributed by atoms with Gasteiger partial charge in [0.2, 0.25) is 0 Å². The van der Waals surface area contributed by atoms with Crippen molar-refractivity contribution < 1.29 is 9.53 Å². The number of nitrogens with one attached hydrogen (secondary N) is 1. The van der Waals surface area contributed by atoms with Crippen LogP contribution in [0.2, 0.25) is 0 Å². The van der Waals surface area contributed by atoms with Crippen LogP contribution in [-0.4, -0.2) is 21.7 Å². The zero-order valence-electron chi connectivity index (χ0n) is 15.8. The van der Waals surface area contributed by atoms with Crippen LogP contribution in [-0.2, 0) is 11.3 Å². The van der Waals surface area contributed by atoms with E-state index in [1.165, 1.54) is 0 Å². The standard InChI is InChI=1S/C22H23N3O2/c1-22(2,3)27-21(26)25-15-19-13-17(11-12-23-19)20-10-9-18(14-24-20)16-7-5-4-6-8-16/h4-14H,15H2,1-3H3,(H,25,26). The Kier molecular flexibility index (Phi) is 5.50. The van der Waals surface area contributed by atoms with Crippen LogP contribution in [0.25, 0.3) is 22.4 Å². The lowest BCUT2D eigenvalue weighted by molar-refractivity contribution is 0.0523. The molecular weight excluding hydrogens is 338 g/mol. The fraction of sp³-hybridized carbons (Fsp3) is 0.227. The molecule has 0 aliphatic heterocycles. The molecule has 0 fully saturated rings. The summed E-state index contributed by atoms with van der Waals surface area (Å²) in [5, 5.41) is 2.72. The Morgan fingerprint density at radius 3 is 2.41 bits per heavy atom. The molecule has 0 radical (unpaired) electrons. The summed E-state index contributed by atoms with van der Waals surface area (Å²) in [5.74, 6) is 0. The Morgan fingerprint density at radius 2 is 1.74 bits per heavy atom. The number of rotatable bonds is 4.